The summed E-state index contributed by atoms with van der Waals surface area (Å²) in [6.07, 6.45) is 0. The van der Waals surface area contributed by atoms with Crippen LogP contribution >= 0.6 is 0 Å². The number of hydrogen-bond acceptors (Lipinski definition) is 2. The highest BCUT2D eigenvalue weighted by atomic mass is 28.1. The van der Waals surface area contributed by atoms with E-state index in [1.165, 1.54) is 0 Å². The summed E-state index contributed by atoms with van der Waals surface area (Å²) in [6, 6.07) is 9.09. The average Bonchev–Trinajstić information content (AvgIpc) is 2.05. The van der Waals surface area contributed by atoms with E-state index in [1.807, 2.05) is 18.2 Å². The highest BCUT2D eigenvalue weighted by molar-refractivity contribution is 6.11. The molecule has 0 bridgehead atoms. The van der Waals surface area contributed by atoms with E-state index in [-0.39, 0.29) is 4.92 Å². The van der Waals surface area contributed by atoms with Gasteiger partial charge in [0.1, 0.15) is 10.2 Å². The van der Waals surface area contributed by atoms with E-state index in [2.05, 4.69) is 0 Å². The van der Waals surface area contributed by atoms with Gasteiger partial charge in [0.2, 0.25) is 5.67 Å². The summed E-state index contributed by atoms with van der Waals surface area (Å²) in [4.78, 5) is 10.1. The van der Waals surface area contributed by atoms with Crippen LogP contribution in [0.1, 0.15) is 11.2 Å². The van der Waals surface area contributed by atoms with Crippen LogP contribution in [0.15, 0.2) is 30.3 Å². The van der Waals surface area contributed by atoms with Gasteiger partial charge in [0, 0.05) is 10.5 Å². The van der Waals surface area contributed by atoms with Crippen LogP contribution in [0.5, 0.6) is 0 Å². The molecule has 0 saturated heterocycles. The van der Waals surface area contributed by atoms with Crippen LogP contribution in [0.2, 0.25) is 0 Å². The van der Waals surface area contributed by atoms with Crippen LogP contribution in [0.3, 0.4) is 0 Å². The van der Waals surface area contributed by atoms with Gasteiger partial charge in [0.15, 0.2) is 0 Å². The van der Waals surface area contributed by atoms with E-state index in [9.17, 15) is 10.1 Å². The maximum atomic E-state index is 10.3. The van der Waals surface area contributed by atoms with Crippen molar-refractivity contribution < 1.29 is 4.92 Å². The van der Waals surface area contributed by atoms with Gasteiger partial charge in [-0.2, -0.15) is 0 Å². The summed E-state index contributed by atoms with van der Waals surface area (Å²) < 4.78 is 0. The lowest BCUT2D eigenvalue weighted by molar-refractivity contribution is -0.504. The molecule has 1 aromatic carbocycles. The van der Waals surface area contributed by atoms with E-state index in [0.29, 0.717) is 10.2 Å². The van der Waals surface area contributed by atoms with Crippen molar-refractivity contribution in [2.75, 3.05) is 0 Å². The lowest BCUT2D eigenvalue weighted by atomic mass is 10.2. The molecule has 11 heavy (non-hydrogen) atoms. The number of nitro groups is 1. The first-order chi connectivity index (χ1) is 5.22. The monoisotopic (exact) mass is 167 g/mol. The van der Waals surface area contributed by atoms with Crippen molar-refractivity contribution in [2.45, 2.75) is 5.67 Å². The van der Waals surface area contributed by atoms with E-state index in [4.69, 9.17) is 0 Å². The van der Waals surface area contributed by atoms with Crippen LogP contribution < -0.4 is 0 Å². The first-order valence-corrected chi connectivity index (χ1v) is 4.55. The Balaban J connectivity index is 2.85. The maximum Gasteiger partial charge on any atom is 0.208 e. The second kappa shape index (κ2) is 3.29. The smallest absolute Gasteiger partial charge is 0.208 e. The summed E-state index contributed by atoms with van der Waals surface area (Å²) in [7, 11) is 0.562. The Kier molecular flexibility index (Phi) is 2.38. The van der Waals surface area contributed by atoms with Crippen LogP contribution in [0.4, 0.5) is 0 Å². The average molecular weight is 167 g/mol. The summed E-state index contributed by atoms with van der Waals surface area (Å²) in [5, 5.41) is 10.3. The third-order valence-electron chi connectivity index (χ3n) is 1.60. The van der Waals surface area contributed by atoms with Crippen molar-refractivity contribution in [2.24, 2.45) is 0 Å². The minimum Gasteiger partial charge on any atom is -0.264 e. The number of nitrogens with zero attached hydrogens (tertiary/aromatic N) is 1. The van der Waals surface area contributed by atoms with Gasteiger partial charge in [0.05, 0.1) is 0 Å². The molecule has 0 aromatic heterocycles. The molecule has 4 heteroatoms. The van der Waals surface area contributed by atoms with Gasteiger partial charge in [-0.15, -0.1) is 0 Å². The third-order valence-corrected chi connectivity index (χ3v) is 2.69. The largest absolute Gasteiger partial charge is 0.264 e. The van der Waals surface area contributed by atoms with Crippen molar-refractivity contribution in [3.8, 4) is 0 Å². The molecule has 0 aliphatic heterocycles. The van der Waals surface area contributed by atoms with Gasteiger partial charge in [-0.3, -0.25) is 10.1 Å². The first-order valence-electron chi connectivity index (χ1n) is 3.40. The molecule has 0 aliphatic rings. The summed E-state index contributed by atoms with van der Waals surface area (Å²) >= 11 is 0. The van der Waals surface area contributed by atoms with Crippen molar-refractivity contribution in [3.05, 3.63) is 46.0 Å². The molecule has 0 radical (unpaired) electrons. The Labute approximate surface area is 67.6 Å². The SMILES string of the molecule is O=[N+]([O-])C([SiH3])c1ccccc1. The number of hydrogen-bond donors (Lipinski definition) is 0. The van der Waals surface area contributed by atoms with Crippen molar-refractivity contribution in [1.29, 1.82) is 0 Å². The Bertz CT molecular complexity index is 250. The van der Waals surface area contributed by atoms with E-state index in [1.54, 1.807) is 12.1 Å². The molecule has 0 fully saturated rings. The number of rotatable bonds is 2. The normalized spacial score (nSPS) is 12.7. The van der Waals surface area contributed by atoms with Crippen molar-refractivity contribution >= 4 is 10.2 Å². The number of benzene rings is 1. The Morgan fingerprint density at radius 2 is 1.91 bits per heavy atom. The zero-order valence-corrected chi connectivity index (χ0v) is 8.23. The molecular formula is C7H9NO2Si. The minimum absolute atomic E-state index is 0.235. The lowest BCUT2D eigenvalue weighted by Crippen LogP contribution is -2.09. The Morgan fingerprint density at radius 1 is 1.36 bits per heavy atom. The topological polar surface area (TPSA) is 43.1 Å². The molecule has 1 atom stereocenters. The van der Waals surface area contributed by atoms with Crippen LogP contribution in [0.25, 0.3) is 0 Å². The van der Waals surface area contributed by atoms with Gasteiger partial charge in [0.25, 0.3) is 0 Å². The van der Waals surface area contributed by atoms with Crippen LogP contribution in [-0.2, 0) is 0 Å². The molecule has 0 amide bonds. The summed E-state index contributed by atoms with van der Waals surface area (Å²) in [5.74, 6) is 0. The Morgan fingerprint density at radius 3 is 2.36 bits per heavy atom. The fourth-order valence-corrected chi connectivity index (χ4v) is 1.24. The molecule has 3 nitrogen and oxygen atoms in total. The minimum atomic E-state index is -0.462. The van der Waals surface area contributed by atoms with E-state index >= 15 is 0 Å². The molecule has 0 aliphatic carbocycles. The molecule has 1 aromatic rings. The zero-order chi connectivity index (χ0) is 8.27. The van der Waals surface area contributed by atoms with E-state index < -0.39 is 5.67 Å². The summed E-state index contributed by atoms with van der Waals surface area (Å²) in [6.45, 7) is 0. The molecule has 0 N–H and O–H groups in total. The second-order valence-corrected chi connectivity index (χ2v) is 3.47. The van der Waals surface area contributed by atoms with Gasteiger partial charge in [-0.1, -0.05) is 30.3 Å². The van der Waals surface area contributed by atoms with Gasteiger partial charge in [-0.05, 0) is 0 Å². The fourth-order valence-electron chi connectivity index (χ4n) is 0.853. The van der Waals surface area contributed by atoms with Crippen molar-refractivity contribution in [3.63, 3.8) is 0 Å². The maximum absolute atomic E-state index is 10.3. The third kappa shape index (κ3) is 1.88. The lowest BCUT2D eigenvalue weighted by Gasteiger charge is -2.01. The standard InChI is InChI=1S/C7H9NO2Si/c9-8(10)7(11)6-4-2-1-3-5-6/h1-5,7H,11H3. The first kappa shape index (κ1) is 7.94. The molecule has 0 heterocycles. The predicted molar refractivity (Wildman–Crippen MR) is 46.1 cm³/mol. The van der Waals surface area contributed by atoms with E-state index in [0.717, 1.165) is 5.56 Å². The second-order valence-electron chi connectivity index (χ2n) is 2.37. The van der Waals surface area contributed by atoms with Gasteiger partial charge < -0.3 is 0 Å². The Hall–Kier alpha value is -1.16. The summed E-state index contributed by atoms with van der Waals surface area (Å²) in [5.41, 5.74) is 0.348. The molecule has 1 unspecified atom stereocenters. The van der Waals surface area contributed by atoms with Crippen molar-refractivity contribution in [1.82, 2.24) is 0 Å². The fraction of sp³-hybridized carbons (Fsp3) is 0.143. The highest BCUT2D eigenvalue weighted by Crippen LogP contribution is 2.10. The molecule has 58 valence electrons. The molecule has 0 spiro atoms. The van der Waals surface area contributed by atoms with Gasteiger partial charge >= 0.3 is 0 Å². The molecule has 0 saturated carbocycles. The van der Waals surface area contributed by atoms with Crippen LogP contribution in [0, 0.1) is 10.1 Å². The van der Waals surface area contributed by atoms with Crippen LogP contribution in [-0.4, -0.2) is 15.2 Å². The highest BCUT2D eigenvalue weighted by Gasteiger charge is 2.13. The quantitative estimate of drug-likeness (QED) is 0.362. The molecule has 1 rings (SSSR count). The molecular weight excluding hydrogens is 158 g/mol. The zero-order valence-electron chi connectivity index (χ0n) is 6.23. The van der Waals surface area contributed by atoms with Gasteiger partial charge in [-0.25, -0.2) is 0 Å². The predicted octanol–water partition coefficient (Wildman–Crippen LogP) is 0.327.